The number of halogens is 3. The number of pyridine rings is 2. The third kappa shape index (κ3) is 4.55. The van der Waals surface area contributed by atoms with Gasteiger partial charge in [-0.3, -0.25) is 9.82 Å². The summed E-state index contributed by atoms with van der Waals surface area (Å²) in [7, 11) is -2.35. The number of aliphatic imine (C=N–C) groups is 1. The van der Waals surface area contributed by atoms with E-state index in [1.807, 2.05) is 0 Å². The maximum Gasteiger partial charge on any atom is 0.417 e. The van der Waals surface area contributed by atoms with E-state index < -0.39 is 21.6 Å². The van der Waals surface area contributed by atoms with Crippen LogP contribution >= 0.6 is 0 Å². The first-order chi connectivity index (χ1) is 12.2. The minimum atomic E-state index is -4.52. The Labute approximate surface area is 147 Å². The lowest BCUT2D eigenvalue weighted by Crippen LogP contribution is -2.26. The number of alkyl halides is 3. The van der Waals surface area contributed by atoms with Gasteiger partial charge in [-0.1, -0.05) is 6.92 Å². The Hall–Kier alpha value is -2.53. The molecule has 0 aliphatic carbocycles. The molecule has 140 valence electrons. The number of rotatable bonds is 5. The molecule has 0 radical (unpaired) electrons. The number of nitrogens with zero attached hydrogens (tertiary/aromatic N) is 3. The summed E-state index contributed by atoms with van der Waals surface area (Å²) in [6, 6.07) is 4.68. The van der Waals surface area contributed by atoms with E-state index in [-0.39, 0.29) is 28.0 Å². The molecule has 0 amide bonds. The highest BCUT2D eigenvalue weighted by molar-refractivity contribution is 7.91. The van der Waals surface area contributed by atoms with E-state index in [1.165, 1.54) is 32.4 Å². The molecule has 2 rings (SSSR count). The van der Waals surface area contributed by atoms with Gasteiger partial charge in [0, 0.05) is 12.4 Å². The normalized spacial score (nSPS) is 12.9. The van der Waals surface area contributed by atoms with Crippen molar-refractivity contribution in [1.29, 1.82) is 0 Å². The fraction of sp³-hybridized carbons (Fsp3) is 0.267. The quantitative estimate of drug-likeness (QED) is 0.481. The SMILES string of the molecule is CCS(=O)(=O)c1cccnc1C(=Nc1ccc(C(F)(F)F)cn1)NOC. The maximum atomic E-state index is 12.6. The van der Waals surface area contributed by atoms with Gasteiger partial charge >= 0.3 is 6.18 Å². The number of hydrogen-bond donors (Lipinski definition) is 1. The summed E-state index contributed by atoms with van der Waals surface area (Å²) in [5.41, 5.74) is 1.43. The van der Waals surface area contributed by atoms with Crippen molar-refractivity contribution in [1.82, 2.24) is 15.4 Å². The minimum Gasteiger partial charge on any atom is -0.278 e. The van der Waals surface area contributed by atoms with Gasteiger partial charge in [-0.05, 0) is 24.3 Å². The zero-order valence-corrected chi connectivity index (χ0v) is 14.6. The lowest BCUT2D eigenvalue weighted by atomic mass is 10.3. The molecular formula is C15H15F3N4O3S. The van der Waals surface area contributed by atoms with E-state index in [9.17, 15) is 21.6 Å². The monoisotopic (exact) mass is 388 g/mol. The zero-order chi connectivity index (χ0) is 19.4. The van der Waals surface area contributed by atoms with Crippen molar-refractivity contribution in [2.45, 2.75) is 18.0 Å². The second kappa shape index (κ2) is 7.79. The van der Waals surface area contributed by atoms with Crippen LogP contribution < -0.4 is 5.48 Å². The van der Waals surface area contributed by atoms with Crippen LogP contribution in [-0.2, 0) is 20.9 Å². The average Bonchev–Trinajstić information content (AvgIpc) is 2.61. The summed E-state index contributed by atoms with van der Waals surface area (Å²) in [6.07, 6.45) is -2.53. The summed E-state index contributed by atoms with van der Waals surface area (Å²) in [4.78, 5) is 16.4. The number of aromatic nitrogens is 2. The molecule has 0 bridgehead atoms. The van der Waals surface area contributed by atoms with Crippen LogP contribution in [0.4, 0.5) is 19.0 Å². The number of nitrogens with one attached hydrogen (secondary N) is 1. The first-order valence-corrected chi connectivity index (χ1v) is 8.93. The van der Waals surface area contributed by atoms with E-state index in [0.717, 1.165) is 12.1 Å². The number of hydroxylamine groups is 1. The first kappa shape index (κ1) is 19.8. The minimum absolute atomic E-state index is 0.0297. The molecule has 1 N–H and O–H groups in total. The summed E-state index contributed by atoms with van der Waals surface area (Å²) in [6.45, 7) is 1.48. The topological polar surface area (TPSA) is 93.5 Å². The first-order valence-electron chi connectivity index (χ1n) is 7.28. The molecule has 0 aliphatic rings. The van der Waals surface area contributed by atoms with E-state index in [2.05, 4.69) is 20.4 Å². The molecule has 2 aromatic rings. The van der Waals surface area contributed by atoms with E-state index in [1.54, 1.807) is 0 Å². The van der Waals surface area contributed by atoms with Crippen molar-refractivity contribution in [2.24, 2.45) is 4.99 Å². The van der Waals surface area contributed by atoms with Gasteiger partial charge in [0.05, 0.1) is 23.3 Å². The van der Waals surface area contributed by atoms with Crippen LogP contribution in [0.2, 0.25) is 0 Å². The van der Waals surface area contributed by atoms with Gasteiger partial charge in [0.1, 0.15) is 5.69 Å². The Balaban J connectivity index is 2.52. The maximum absolute atomic E-state index is 12.6. The number of amidine groups is 1. The zero-order valence-electron chi connectivity index (χ0n) is 13.8. The Morgan fingerprint density at radius 3 is 2.54 bits per heavy atom. The van der Waals surface area contributed by atoms with Crippen LogP contribution in [0.5, 0.6) is 0 Å². The van der Waals surface area contributed by atoms with Crippen LogP contribution in [0, 0.1) is 0 Å². The van der Waals surface area contributed by atoms with Crippen LogP contribution in [0.15, 0.2) is 46.5 Å². The van der Waals surface area contributed by atoms with E-state index in [0.29, 0.717) is 6.20 Å². The lowest BCUT2D eigenvalue weighted by Gasteiger charge is -2.11. The fourth-order valence-electron chi connectivity index (χ4n) is 1.93. The van der Waals surface area contributed by atoms with Gasteiger partial charge in [-0.2, -0.15) is 13.2 Å². The summed E-state index contributed by atoms with van der Waals surface area (Å²) >= 11 is 0. The molecule has 0 unspecified atom stereocenters. The Bertz CT molecular complexity index is 897. The Morgan fingerprint density at radius 1 is 1.27 bits per heavy atom. The van der Waals surface area contributed by atoms with Crippen LogP contribution in [0.3, 0.4) is 0 Å². The second-order valence-corrected chi connectivity index (χ2v) is 7.17. The molecular weight excluding hydrogens is 373 g/mol. The predicted octanol–water partition coefficient (Wildman–Crippen LogP) is 2.52. The molecule has 26 heavy (non-hydrogen) atoms. The van der Waals surface area contributed by atoms with Crippen molar-refractivity contribution in [3.63, 3.8) is 0 Å². The molecule has 0 spiro atoms. The highest BCUT2D eigenvalue weighted by atomic mass is 32.2. The van der Waals surface area contributed by atoms with Gasteiger partial charge in [0.2, 0.25) is 0 Å². The molecule has 0 aliphatic heterocycles. The van der Waals surface area contributed by atoms with Crippen LogP contribution in [0.1, 0.15) is 18.2 Å². The number of hydrogen-bond acceptors (Lipinski definition) is 6. The van der Waals surface area contributed by atoms with E-state index in [4.69, 9.17) is 4.84 Å². The fourth-order valence-corrected chi connectivity index (χ4v) is 2.97. The third-order valence-corrected chi connectivity index (χ3v) is 4.97. The third-order valence-electron chi connectivity index (χ3n) is 3.21. The molecule has 2 aromatic heterocycles. The Morgan fingerprint density at radius 2 is 2.00 bits per heavy atom. The molecule has 0 aromatic carbocycles. The summed E-state index contributed by atoms with van der Waals surface area (Å²) < 4.78 is 62.3. The standard InChI is InChI=1S/C15H15F3N4O3S/c1-3-26(23,24)11-5-4-8-19-13(11)14(22-25-2)21-12-7-6-10(9-20-12)15(16,17)18/h4-9H,3H2,1-2H3,(H,20,21,22). The summed E-state index contributed by atoms with van der Waals surface area (Å²) in [5, 5.41) is 0. The van der Waals surface area contributed by atoms with Crippen LogP contribution in [0.25, 0.3) is 0 Å². The molecule has 0 saturated carbocycles. The highest BCUT2D eigenvalue weighted by Crippen LogP contribution is 2.29. The molecule has 0 fully saturated rings. The summed E-state index contributed by atoms with van der Waals surface area (Å²) in [5.74, 6) is -0.347. The molecule has 0 atom stereocenters. The molecule has 2 heterocycles. The Kier molecular flexibility index (Phi) is 5.93. The van der Waals surface area contributed by atoms with Crippen molar-refractivity contribution in [3.05, 3.63) is 47.9 Å². The second-order valence-electron chi connectivity index (χ2n) is 4.92. The van der Waals surface area contributed by atoms with Gasteiger partial charge in [-0.25, -0.2) is 23.9 Å². The molecule has 0 saturated heterocycles. The smallest absolute Gasteiger partial charge is 0.278 e. The lowest BCUT2D eigenvalue weighted by molar-refractivity contribution is -0.137. The largest absolute Gasteiger partial charge is 0.417 e. The van der Waals surface area contributed by atoms with Gasteiger partial charge in [-0.15, -0.1) is 0 Å². The van der Waals surface area contributed by atoms with Gasteiger partial charge in [0.25, 0.3) is 0 Å². The highest BCUT2D eigenvalue weighted by Gasteiger charge is 2.30. The van der Waals surface area contributed by atoms with Crippen molar-refractivity contribution in [3.8, 4) is 0 Å². The van der Waals surface area contributed by atoms with Crippen molar-refractivity contribution < 1.29 is 26.4 Å². The van der Waals surface area contributed by atoms with Crippen LogP contribution in [-0.4, -0.2) is 37.1 Å². The van der Waals surface area contributed by atoms with Gasteiger partial charge in [0.15, 0.2) is 21.5 Å². The van der Waals surface area contributed by atoms with Gasteiger partial charge < -0.3 is 0 Å². The molecule has 11 heteroatoms. The predicted molar refractivity (Wildman–Crippen MR) is 87.5 cm³/mol. The molecule has 7 nitrogen and oxygen atoms in total. The average molecular weight is 388 g/mol. The van der Waals surface area contributed by atoms with Crippen molar-refractivity contribution in [2.75, 3.05) is 12.9 Å². The van der Waals surface area contributed by atoms with E-state index >= 15 is 0 Å². The van der Waals surface area contributed by atoms with Crippen molar-refractivity contribution >= 4 is 21.5 Å². The number of sulfone groups is 1.